The fourth-order valence-corrected chi connectivity index (χ4v) is 2.87. The number of rotatable bonds is 8. The standard InChI is InChI=1S/C19H27N3O3/c1-14(11-12-15-8-5-4-6-9-15)20-16(23)10-7-13-22-17(24)19(2,3)21-18(22)25/h4-6,8-9,14H,7,10-13H2,1-3H3,(H,20,23)(H,21,25). The van der Waals surface area contributed by atoms with Crippen LogP contribution in [0.15, 0.2) is 30.3 Å². The summed E-state index contributed by atoms with van der Waals surface area (Å²) in [7, 11) is 0. The summed E-state index contributed by atoms with van der Waals surface area (Å²) in [6.45, 7) is 5.60. The van der Waals surface area contributed by atoms with Gasteiger partial charge in [-0.15, -0.1) is 0 Å². The second kappa shape index (κ2) is 8.14. The second-order valence-corrected chi connectivity index (χ2v) is 7.11. The molecule has 2 rings (SSSR count). The minimum Gasteiger partial charge on any atom is -0.354 e. The Bertz CT molecular complexity index is 628. The van der Waals surface area contributed by atoms with Crippen molar-refractivity contribution in [2.45, 2.75) is 58.0 Å². The van der Waals surface area contributed by atoms with Crippen LogP contribution in [0.4, 0.5) is 4.79 Å². The van der Waals surface area contributed by atoms with Crippen molar-refractivity contribution in [3.8, 4) is 0 Å². The summed E-state index contributed by atoms with van der Waals surface area (Å²) in [5.41, 5.74) is 0.399. The summed E-state index contributed by atoms with van der Waals surface area (Å²) < 4.78 is 0. The van der Waals surface area contributed by atoms with Crippen LogP contribution in [-0.2, 0) is 16.0 Å². The van der Waals surface area contributed by atoms with Crippen molar-refractivity contribution in [2.24, 2.45) is 0 Å². The van der Waals surface area contributed by atoms with Crippen molar-refractivity contribution in [3.63, 3.8) is 0 Å². The molecule has 0 aliphatic carbocycles. The monoisotopic (exact) mass is 345 g/mol. The molecule has 2 N–H and O–H groups in total. The SMILES string of the molecule is CC(CCc1ccccc1)NC(=O)CCCN1C(=O)NC(C)(C)C1=O. The molecule has 0 saturated carbocycles. The predicted molar refractivity (Wildman–Crippen MR) is 95.9 cm³/mol. The highest BCUT2D eigenvalue weighted by atomic mass is 16.2. The van der Waals surface area contributed by atoms with Gasteiger partial charge in [0.15, 0.2) is 0 Å². The molecule has 1 aromatic carbocycles. The van der Waals surface area contributed by atoms with Gasteiger partial charge in [0, 0.05) is 19.0 Å². The number of carbonyl (C=O) groups is 3. The molecule has 0 aromatic heterocycles. The first kappa shape index (κ1) is 19.0. The van der Waals surface area contributed by atoms with E-state index in [0.29, 0.717) is 12.8 Å². The van der Waals surface area contributed by atoms with Gasteiger partial charge in [-0.2, -0.15) is 0 Å². The molecular weight excluding hydrogens is 318 g/mol. The van der Waals surface area contributed by atoms with Crippen LogP contribution in [0.5, 0.6) is 0 Å². The lowest BCUT2D eigenvalue weighted by atomic mass is 10.1. The Balaban J connectivity index is 1.67. The molecule has 0 radical (unpaired) electrons. The average molecular weight is 345 g/mol. The van der Waals surface area contributed by atoms with E-state index in [0.717, 1.165) is 12.8 Å². The molecule has 6 heteroatoms. The molecule has 1 saturated heterocycles. The molecule has 1 heterocycles. The number of hydrogen-bond acceptors (Lipinski definition) is 3. The molecule has 0 spiro atoms. The highest BCUT2D eigenvalue weighted by molar-refractivity contribution is 6.06. The normalized spacial score (nSPS) is 17.3. The van der Waals surface area contributed by atoms with E-state index in [1.54, 1.807) is 13.8 Å². The number of imide groups is 1. The van der Waals surface area contributed by atoms with Crippen molar-refractivity contribution >= 4 is 17.8 Å². The molecule has 1 fully saturated rings. The number of nitrogens with one attached hydrogen (secondary N) is 2. The maximum absolute atomic E-state index is 12.1. The summed E-state index contributed by atoms with van der Waals surface area (Å²) in [4.78, 5) is 37.0. The van der Waals surface area contributed by atoms with Crippen molar-refractivity contribution < 1.29 is 14.4 Å². The maximum atomic E-state index is 12.1. The third-order valence-electron chi connectivity index (χ3n) is 4.35. The van der Waals surface area contributed by atoms with Gasteiger partial charge in [-0.1, -0.05) is 30.3 Å². The van der Waals surface area contributed by atoms with E-state index in [1.807, 2.05) is 25.1 Å². The van der Waals surface area contributed by atoms with Gasteiger partial charge in [-0.3, -0.25) is 14.5 Å². The Morgan fingerprint density at radius 1 is 1.24 bits per heavy atom. The van der Waals surface area contributed by atoms with Crippen LogP contribution in [0.1, 0.15) is 45.6 Å². The van der Waals surface area contributed by atoms with Crippen molar-refractivity contribution in [2.75, 3.05) is 6.54 Å². The molecule has 1 atom stereocenters. The summed E-state index contributed by atoms with van der Waals surface area (Å²) >= 11 is 0. The summed E-state index contributed by atoms with van der Waals surface area (Å²) in [5, 5.41) is 5.60. The Labute approximate surface area is 149 Å². The Morgan fingerprint density at radius 3 is 2.52 bits per heavy atom. The van der Waals surface area contributed by atoms with E-state index in [2.05, 4.69) is 22.8 Å². The van der Waals surface area contributed by atoms with E-state index in [1.165, 1.54) is 10.5 Å². The fourth-order valence-electron chi connectivity index (χ4n) is 2.87. The van der Waals surface area contributed by atoms with E-state index >= 15 is 0 Å². The number of amides is 4. The Kier molecular flexibility index (Phi) is 6.17. The van der Waals surface area contributed by atoms with E-state index in [-0.39, 0.29) is 30.4 Å². The Hall–Kier alpha value is -2.37. The predicted octanol–water partition coefficient (Wildman–Crippen LogP) is 2.23. The van der Waals surface area contributed by atoms with Crippen LogP contribution in [0, 0.1) is 0 Å². The summed E-state index contributed by atoms with van der Waals surface area (Å²) in [5.74, 6) is -0.291. The molecular formula is C19H27N3O3. The van der Waals surface area contributed by atoms with Gasteiger partial charge >= 0.3 is 6.03 Å². The molecule has 25 heavy (non-hydrogen) atoms. The first-order valence-electron chi connectivity index (χ1n) is 8.77. The number of urea groups is 1. The number of benzene rings is 1. The Morgan fingerprint density at radius 2 is 1.92 bits per heavy atom. The number of carbonyl (C=O) groups excluding carboxylic acids is 3. The lowest BCUT2D eigenvalue weighted by molar-refractivity contribution is -0.130. The van der Waals surface area contributed by atoms with Gasteiger partial charge in [0.25, 0.3) is 5.91 Å². The number of aryl methyl sites for hydroxylation is 1. The minimum absolute atomic E-state index is 0.0492. The second-order valence-electron chi connectivity index (χ2n) is 7.11. The maximum Gasteiger partial charge on any atom is 0.325 e. The fraction of sp³-hybridized carbons (Fsp3) is 0.526. The van der Waals surface area contributed by atoms with Gasteiger partial charge in [-0.05, 0) is 45.6 Å². The van der Waals surface area contributed by atoms with Gasteiger partial charge in [0.05, 0.1) is 0 Å². The van der Waals surface area contributed by atoms with Crippen LogP contribution in [0.25, 0.3) is 0 Å². The molecule has 1 aliphatic rings. The zero-order chi connectivity index (χ0) is 18.4. The van der Waals surface area contributed by atoms with Gasteiger partial charge in [0.1, 0.15) is 5.54 Å². The molecule has 6 nitrogen and oxygen atoms in total. The minimum atomic E-state index is -0.856. The lowest BCUT2D eigenvalue weighted by Gasteiger charge is -2.16. The van der Waals surface area contributed by atoms with Crippen LogP contribution < -0.4 is 10.6 Å². The molecule has 1 aromatic rings. The molecule has 136 valence electrons. The highest BCUT2D eigenvalue weighted by Gasteiger charge is 2.43. The van der Waals surface area contributed by atoms with Crippen molar-refractivity contribution in [3.05, 3.63) is 35.9 Å². The van der Waals surface area contributed by atoms with Crippen molar-refractivity contribution in [1.82, 2.24) is 15.5 Å². The smallest absolute Gasteiger partial charge is 0.325 e. The van der Waals surface area contributed by atoms with Gasteiger partial charge < -0.3 is 10.6 Å². The summed E-state index contributed by atoms with van der Waals surface area (Å²) in [6.07, 6.45) is 2.55. The molecule has 1 aliphatic heterocycles. The van der Waals surface area contributed by atoms with Crippen LogP contribution in [0.3, 0.4) is 0 Å². The van der Waals surface area contributed by atoms with Crippen LogP contribution >= 0.6 is 0 Å². The van der Waals surface area contributed by atoms with Crippen LogP contribution in [-0.4, -0.2) is 40.9 Å². The van der Waals surface area contributed by atoms with Gasteiger partial charge in [0.2, 0.25) is 5.91 Å². The van der Waals surface area contributed by atoms with Crippen LogP contribution in [0.2, 0.25) is 0 Å². The summed E-state index contributed by atoms with van der Waals surface area (Å²) in [6, 6.07) is 9.87. The number of nitrogens with zero attached hydrogens (tertiary/aromatic N) is 1. The van der Waals surface area contributed by atoms with E-state index in [4.69, 9.17) is 0 Å². The molecule has 0 bridgehead atoms. The molecule has 4 amide bonds. The lowest BCUT2D eigenvalue weighted by Crippen LogP contribution is -2.40. The van der Waals surface area contributed by atoms with E-state index < -0.39 is 5.54 Å². The largest absolute Gasteiger partial charge is 0.354 e. The number of hydrogen-bond donors (Lipinski definition) is 2. The average Bonchev–Trinajstić information content (AvgIpc) is 2.75. The van der Waals surface area contributed by atoms with Gasteiger partial charge in [-0.25, -0.2) is 4.79 Å². The highest BCUT2D eigenvalue weighted by Crippen LogP contribution is 2.17. The zero-order valence-electron chi connectivity index (χ0n) is 15.2. The first-order chi connectivity index (χ1) is 11.8. The quantitative estimate of drug-likeness (QED) is 0.709. The topological polar surface area (TPSA) is 78.5 Å². The third-order valence-corrected chi connectivity index (χ3v) is 4.35. The first-order valence-corrected chi connectivity index (χ1v) is 8.77. The third kappa shape index (κ3) is 5.31. The zero-order valence-corrected chi connectivity index (χ0v) is 15.2. The molecule has 1 unspecified atom stereocenters. The van der Waals surface area contributed by atoms with E-state index in [9.17, 15) is 14.4 Å². The van der Waals surface area contributed by atoms with Crippen molar-refractivity contribution in [1.29, 1.82) is 0 Å².